The first-order valence-electron chi connectivity index (χ1n) is 12.2. The predicted octanol–water partition coefficient (Wildman–Crippen LogP) is 4.05. The number of hydrogen-bond donors (Lipinski definition) is 3. The maximum absolute atomic E-state index is 9.97. The highest BCUT2D eigenvalue weighted by Gasteiger charge is 2.35. The normalized spacial score (nSPS) is 22.5. The van der Waals surface area contributed by atoms with Crippen LogP contribution < -0.4 is 20.7 Å². The van der Waals surface area contributed by atoms with E-state index in [1.165, 1.54) is 0 Å². The van der Waals surface area contributed by atoms with Crippen molar-refractivity contribution in [1.29, 1.82) is 5.26 Å². The van der Waals surface area contributed by atoms with Crippen LogP contribution in [0.2, 0.25) is 10.0 Å². The molecule has 0 aromatic heterocycles. The average Bonchev–Trinajstić information content (AvgIpc) is 2.88. The van der Waals surface area contributed by atoms with Gasteiger partial charge in [0.1, 0.15) is 11.5 Å². The number of methoxy groups -OCH3 is 2. The molecular formula is C26H33Cl2N5O3. The van der Waals surface area contributed by atoms with Crippen molar-refractivity contribution in [2.24, 2.45) is 0 Å². The Morgan fingerprint density at radius 1 is 1.17 bits per heavy atom. The number of ether oxygens (including phenoxy) is 3. The van der Waals surface area contributed by atoms with Crippen LogP contribution in [0.3, 0.4) is 0 Å². The van der Waals surface area contributed by atoms with Crippen molar-refractivity contribution in [3.05, 3.63) is 56.6 Å². The molecule has 2 heterocycles. The molecule has 1 aromatic rings. The van der Waals surface area contributed by atoms with E-state index in [1.807, 2.05) is 13.0 Å². The first kappa shape index (κ1) is 26.6. The molecule has 1 aromatic carbocycles. The van der Waals surface area contributed by atoms with E-state index in [9.17, 15) is 5.26 Å². The predicted molar refractivity (Wildman–Crippen MR) is 142 cm³/mol. The molecule has 0 radical (unpaired) electrons. The molecule has 36 heavy (non-hydrogen) atoms. The standard InChI is InChI=1S/C26H33Cl2N5O3/c1-16-18(15-29)26(32-22-14-23(34-2)20(28)12-19(22)27)17-11-24(35-3)25(13-21(17)31-16)36-10-4-7-33-8-5-30-6-9-33/h11-12,14,16,21,30-32H,4-10,13H2,1-3H3. The third-order valence-electron chi connectivity index (χ3n) is 6.71. The number of rotatable bonds is 9. The molecule has 4 rings (SSSR count). The summed E-state index contributed by atoms with van der Waals surface area (Å²) in [5.74, 6) is 1.97. The summed E-state index contributed by atoms with van der Waals surface area (Å²) in [5.41, 5.74) is 2.80. The number of nitrogens with one attached hydrogen (secondary N) is 3. The molecule has 1 aliphatic carbocycles. The lowest BCUT2D eigenvalue weighted by atomic mass is 9.85. The van der Waals surface area contributed by atoms with E-state index in [0.717, 1.165) is 50.5 Å². The fourth-order valence-corrected chi connectivity index (χ4v) is 5.31. The van der Waals surface area contributed by atoms with Crippen molar-refractivity contribution in [3.8, 4) is 11.8 Å². The van der Waals surface area contributed by atoms with Crippen molar-refractivity contribution in [3.63, 3.8) is 0 Å². The van der Waals surface area contributed by atoms with Gasteiger partial charge in [0.15, 0.2) is 5.76 Å². The monoisotopic (exact) mass is 533 g/mol. The van der Waals surface area contributed by atoms with Crippen molar-refractivity contribution < 1.29 is 14.2 Å². The Hall–Kier alpha value is -2.41. The van der Waals surface area contributed by atoms with Gasteiger partial charge in [0, 0.05) is 57.3 Å². The molecule has 2 atom stereocenters. The third kappa shape index (κ3) is 5.93. The largest absolute Gasteiger partial charge is 0.495 e. The fraction of sp³-hybridized carbons (Fsp3) is 0.500. The Morgan fingerprint density at radius 2 is 1.94 bits per heavy atom. The number of allylic oxidation sites excluding steroid dienone is 1. The van der Waals surface area contributed by atoms with Gasteiger partial charge in [-0.2, -0.15) is 5.26 Å². The lowest BCUT2D eigenvalue weighted by Gasteiger charge is -2.37. The number of piperazine rings is 1. The molecule has 0 amide bonds. The smallest absolute Gasteiger partial charge is 0.156 e. The second kappa shape index (κ2) is 12.2. The van der Waals surface area contributed by atoms with Gasteiger partial charge in [-0.25, -0.2) is 0 Å². The summed E-state index contributed by atoms with van der Waals surface area (Å²) in [4.78, 5) is 2.46. The molecule has 8 nitrogen and oxygen atoms in total. The number of anilines is 1. The summed E-state index contributed by atoms with van der Waals surface area (Å²) < 4.78 is 17.3. The van der Waals surface area contributed by atoms with Crippen LogP contribution in [0.15, 0.2) is 46.6 Å². The maximum Gasteiger partial charge on any atom is 0.156 e. The summed E-state index contributed by atoms with van der Waals surface area (Å²) >= 11 is 12.7. The molecular weight excluding hydrogens is 501 g/mol. The molecule has 1 saturated heterocycles. The summed E-state index contributed by atoms with van der Waals surface area (Å²) in [6.45, 7) is 7.87. The van der Waals surface area contributed by atoms with Gasteiger partial charge in [-0.3, -0.25) is 0 Å². The lowest BCUT2D eigenvalue weighted by Crippen LogP contribution is -2.46. The number of nitriles is 1. The van der Waals surface area contributed by atoms with E-state index in [1.54, 1.807) is 26.4 Å². The zero-order valence-electron chi connectivity index (χ0n) is 20.9. The highest BCUT2D eigenvalue weighted by Crippen LogP contribution is 2.39. The van der Waals surface area contributed by atoms with Gasteiger partial charge >= 0.3 is 0 Å². The van der Waals surface area contributed by atoms with E-state index in [0.29, 0.717) is 51.5 Å². The van der Waals surface area contributed by atoms with Gasteiger partial charge < -0.3 is 35.1 Å². The van der Waals surface area contributed by atoms with Gasteiger partial charge in [-0.1, -0.05) is 23.2 Å². The van der Waals surface area contributed by atoms with Crippen LogP contribution in [0.1, 0.15) is 19.8 Å². The molecule has 0 saturated carbocycles. The lowest BCUT2D eigenvalue weighted by molar-refractivity contribution is 0.145. The summed E-state index contributed by atoms with van der Waals surface area (Å²) in [6, 6.07) is 5.50. The zero-order valence-corrected chi connectivity index (χ0v) is 22.4. The van der Waals surface area contributed by atoms with Crippen LogP contribution in [0.4, 0.5) is 5.69 Å². The van der Waals surface area contributed by atoms with Gasteiger partial charge in [-0.05, 0) is 31.1 Å². The third-order valence-corrected chi connectivity index (χ3v) is 7.32. The first-order valence-corrected chi connectivity index (χ1v) is 13.0. The van der Waals surface area contributed by atoms with Crippen LogP contribution in [-0.4, -0.2) is 70.5 Å². The van der Waals surface area contributed by atoms with Crippen molar-refractivity contribution in [2.45, 2.75) is 31.8 Å². The van der Waals surface area contributed by atoms with Gasteiger partial charge in [0.25, 0.3) is 0 Å². The Morgan fingerprint density at radius 3 is 2.64 bits per heavy atom. The minimum Gasteiger partial charge on any atom is -0.495 e. The number of fused-ring (bicyclic) bond motifs is 1. The quantitative estimate of drug-likeness (QED) is 0.409. The highest BCUT2D eigenvalue weighted by molar-refractivity contribution is 6.37. The average molecular weight is 534 g/mol. The van der Waals surface area contributed by atoms with Crippen molar-refractivity contribution >= 4 is 28.9 Å². The van der Waals surface area contributed by atoms with Crippen LogP contribution >= 0.6 is 23.2 Å². The van der Waals surface area contributed by atoms with Gasteiger partial charge in [-0.15, -0.1) is 0 Å². The second-order valence-electron chi connectivity index (χ2n) is 9.02. The summed E-state index contributed by atoms with van der Waals surface area (Å²) in [5, 5.41) is 21.1. The number of halogens is 2. The molecule has 2 unspecified atom stereocenters. The molecule has 0 spiro atoms. The van der Waals surface area contributed by atoms with E-state index >= 15 is 0 Å². The molecule has 2 aliphatic heterocycles. The Balaban J connectivity index is 1.56. The van der Waals surface area contributed by atoms with Crippen LogP contribution in [0.5, 0.6) is 5.75 Å². The van der Waals surface area contributed by atoms with Crippen molar-refractivity contribution in [1.82, 2.24) is 15.5 Å². The van der Waals surface area contributed by atoms with Crippen molar-refractivity contribution in [2.75, 3.05) is 58.9 Å². The van der Waals surface area contributed by atoms with Gasteiger partial charge in [0.05, 0.1) is 53.9 Å². The Kier molecular flexibility index (Phi) is 9.04. The minimum absolute atomic E-state index is 0.0466. The SMILES string of the molecule is COC1=C(OCCCN2CCNCC2)CC2NC(C)C(C#N)=C(Nc3cc(OC)c(Cl)cc3Cl)C2=C1. The molecule has 1 fully saturated rings. The van der Waals surface area contributed by atoms with E-state index in [2.05, 4.69) is 26.9 Å². The van der Waals surface area contributed by atoms with E-state index in [-0.39, 0.29) is 12.1 Å². The van der Waals surface area contributed by atoms with Crippen LogP contribution in [0, 0.1) is 11.3 Å². The van der Waals surface area contributed by atoms with E-state index < -0.39 is 0 Å². The molecule has 0 bridgehead atoms. The number of benzene rings is 1. The Labute approximate surface area is 222 Å². The Bertz CT molecular complexity index is 1110. The van der Waals surface area contributed by atoms with Crippen LogP contribution in [0.25, 0.3) is 0 Å². The molecule has 3 N–H and O–H groups in total. The first-order chi connectivity index (χ1) is 17.4. The topological polar surface area (TPSA) is 90.8 Å². The fourth-order valence-electron chi connectivity index (χ4n) is 4.80. The summed E-state index contributed by atoms with van der Waals surface area (Å²) in [6.07, 6.45) is 3.52. The number of hydrogen-bond acceptors (Lipinski definition) is 8. The van der Waals surface area contributed by atoms with Gasteiger partial charge in [0.2, 0.25) is 0 Å². The minimum atomic E-state index is -0.161. The molecule has 3 aliphatic rings. The summed E-state index contributed by atoms with van der Waals surface area (Å²) in [7, 11) is 3.19. The molecule has 10 heteroatoms. The molecule has 194 valence electrons. The zero-order chi connectivity index (χ0) is 25.7. The van der Waals surface area contributed by atoms with Crippen LogP contribution in [-0.2, 0) is 9.47 Å². The van der Waals surface area contributed by atoms with E-state index in [4.69, 9.17) is 37.4 Å². The highest BCUT2D eigenvalue weighted by atomic mass is 35.5. The maximum atomic E-state index is 9.97. The second-order valence-corrected chi connectivity index (χ2v) is 9.84. The number of nitrogens with zero attached hydrogens (tertiary/aromatic N) is 2.